The number of rotatable bonds is 11. The van der Waals surface area contributed by atoms with E-state index in [1.807, 2.05) is 26.0 Å². The SMILES string of the molecule is CCOc1cc(/C=N\NC(=O)C(=O)Nc2ccccc2CC)ccc1OCC(=O)Nc1ccc(OC)cc1. The summed E-state index contributed by atoms with van der Waals surface area (Å²) in [4.78, 5) is 36.6. The first-order valence-electron chi connectivity index (χ1n) is 12.0. The number of ether oxygens (including phenoxy) is 3. The summed E-state index contributed by atoms with van der Waals surface area (Å²) in [6.45, 7) is 3.91. The molecule has 38 heavy (non-hydrogen) atoms. The minimum Gasteiger partial charge on any atom is -0.497 e. The molecule has 0 heterocycles. The normalized spacial score (nSPS) is 10.5. The van der Waals surface area contributed by atoms with Gasteiger partial charge in [0.15, 0.2) is 18.1 Å². The second-order valence-corrected chi connectivity index (χ2v) is 7.87. The standard InChI is InChI=1S/C28H30N4O6/c1-4-20-8-6-7-9-23(20)31-27(34)28(35)32-29-17-19-10-15-24(25(16-19)37-5-2)38-18-26(33)30-21-11-13-22(36-3)14-12-21/h6-17H,4-5,18H2,1-3H3,(H,30,33)(H,31,34)(H,32,35)/b29-17-. The average Bonchev–Trinajstić information content (AvgIpc) is 2.93. The van der Waals surface area contributed by atoms with Gasteiger partial charge in [-0.25, -0.2) is 5.43 Å². The minimum absolute atomic E-state index is 0.230. The van der Waals surface area contributed by atoms with Gasteiger partial charge in [-0.3, -0.25) is 14.4 Å². The number of anilines is 2. The molecule has 3 N–H and O–H groups in total. The van der Waals surface area contributed by atoms with Gasteiger partial charge in [-0.2, -0.15) is 5.10 Å². The molecule has 0 unspecified atom stereocenters. The zero-order valence-electron chi connectivity index (χ0n) is 21.4. The van der Waals surface area contributed by atoms with Gasteiger partial charge in [0.25, 0.3) is 5.91 Å². The molecule has 0 aliphatic rings. The zero-order chi connectivity index (χ0) is 27.3. The van der Waals surface area contributed by atoms with Crippen LogP contribution in [0.5, 0.6) is 17.2 Å². The van der Waals surface area contributed by atoms with Crippen LogP contribution in [-0.4, -0.2) is 44.3 Å². The zero-order valence-corrected chi connectivity index (χ0v) is 21.4. The van der Waals surface area contributed by atoms with Crippen LogP contribution in [0.4, 0.5) is 11.4 Å². The number of nitrogens with zero attached hydrogens (tertiary/aromatic N) is 1. The summed E-state index contributed by atoms with van der Waals surface area (Å²) in [5, 5.41) is 9.18. The van der Waals surface area contributed by atoms with Crippen molar-refractivity contribution in [2.45, 2.75) is 20.3 Å². The summed E-state index contributed by atoms with van der Waals surface area (Å²) in [6.07, 6.45) is 2.08. The molecule has 198 valence electrons. The van der Waals surface area contributed by atoms with Crippen LogP contribution < -0.4 is 30.3 Å². The summed E-state index contributed by atoms with van der Waals surface area (Å²) in [5.41, 5.74) is 4.90. The summed E-state index contributed by atoms with van der Waals surface area (Å²) in [5.74, 6) is -0.619. The first-order valence-corrected chi connectivity index (χ1v) is 12.0. The number of carbonyl (C=O) groups is 3. The van der Waals surface area contributed by atoms with Crippen LogP contribution >= 0.6 is 0 Å². The van der Waals surface area contributed by atoms with Crippen molar-refractivity contribution in [3.8, 4) is 17.2 Å². The number of amides is 3. The maximum atomic E-state index is 12.3. The molecule has 0 saturated heterocycles. The maximum absolute atomic E-state index is 12.3. The van der Waals surface area contributed by atoms with E-state index in [0.29, 0.717) is 47.2 Å². The molecule has 3 aromatic rings. The number of hydrogen-bond donors (Lipinski definition) is 3. The molecule has 0 aromatic heterocycles. The van der Waals surface area contributed by atoms with E-state index in [1.54, 1.807) is 61.7 Å². The topological polar surface area (TPSA) is 127 Å². The largest absolute Gasteiger partial charge is 0.497 e. The lowest BCUT2D eigenvalue weighted by atomic mass is 10.1. The second kappa shape index (κ2) is 14.0. The predicted octanol–water partition coefficient (Wildman–Crippen LogP) is 3.76. The van der Waals surface area contributed by atoms with Crippen molar-refractivity contribution < 1.29 is 28.6 Å². The molecule has 3 rings (SSSR count). The summed E-state index contributed by atoms with van der Waals surface area (Å²) in [7, 11) is 1.57. The van der Waals surface area contributed by atoms with Crippen LogP contribution in [0.3, 0.4) is 0 Å². The third kappa shape index (κ3) is 8.09. The van der Waals surface area contributed by atoms with E-state index in [4.69, 9.17) is 14.2 Å². The smallest absolute Gasteiger partial charge is 0.329 e. The van der Waals surface area contributed by atoms with Gasteiger partial charge in [0.05, 0.1) is 19.9 Å². The second-order valence-electron chi connectivity index (χ2n) is 7.87. The van der Waals surface area contributed by atoms with Gasteiger partial charge < -0.3 is 24.8 Å². The number of para-hydroxylation sites is 1. The first-order chi connectivity index (χ1) is 18.4. The summed E-state index contributed by atoms with van der Waals surface area (Å²) >= 11 is 0. The highest BCUT2D eigenvalue weighted by molar-refractivity contribution is 6.39. The number of methoxy groups -OCH3 is 1. The highest BCUT2D eigenvalue weighted by Crippen LogP contribution is 2.28. The van der Waals surface area contributed by atoms with Crippen molar-refractivity contribution in [1.29, 1.82) is 0 Å². The third-order valence-electron chi connectivity index (χ3n) is 5.23. The lowest BCUT2D eigenvalue weighted by Gasteiger charge is -2.13. The predicted molar refractivity (Wildman–Crippen MR) is 145 cm³/mol. The molecule has 0 atom stereocenters. The van der Waals surface area contributed by atoms with E-state index in [0.717, 1.165) is 5.56 Å². The first kappa shape index (κ1) is 27.7. The summed E-state index contributed by atoms with van der Waals surface area (Å²) < 4.78 is 16.4. The Balaban J connectivity index is 1.55. The minimum atomic E-state index is -0.903. The van der Waals surface area contributed by atoms with E-state index in [2.05, 4.69) is 21.2 Å². The fourth-order valence-corrected chi connectivity index (χ4v) is 3.35. The molecule has 3 aromatic carbocycles. The van der Waals surface area contributed by atoms with Crippen molar-refractivity contribution >= 4 is 35.3 Å². The number of benzene rings is 3. The molecule has 0 aliphatic carbocycles. The van der Waals surface area contributed by atoms with Crippen LogP contribution in [0.2, 0.25) is 0 Å². The van der Waals surface area contributed by atoms with Gasteiger partial charge in [0, 0.05) is 11.4 Å². The molecule has 0 fully saturated rings. The van der Waals surface area contributed by atoms with E-state index in [9.17, 15) is 14.4 Å². The number of hydrazone groups is 1. The van der Waals surface area contributed by atoms with Gasteiger partial charge in [-0.15, -0.1) is 0 Å². The van der Waals surface area contributed by atoms with E-state index in [-0.39, 0.29) is 12.5 Å². The van der Waals surface area contributed by atoms with Crippen LogP contribution in [0.15, 0.2) is 71.8 Å². The van der Waals surface area contributed by atoms with Gasteiger partial charge in [0.1, 0.15) is 5.75 Å². The van der Waals surface area contributed by atoms with Gasteiger partial charge >= 0.3 is 11.8 Å². The average molecular weight is 519 g/mol. The molecule has 3 amide bonds. The number of carbonyl (C=O) groups excluding carboxylic acids is 3. The van der Waals surface area contributed by atoms with Crippen LogP contribution in [0.1, 0.15) is 25.0 Å². The van der Waals surface area contributed by atoms with E-state index < -0.39 is 11.8 Å². The Bertz CT molecular complexity index is 1290. The van der Waals surface area contributed by atoms with Crippen LogP contribution in [0.25, 0.3) is 0 Å². The Hall–Kier alpha value is -4.86. The fraction of sp³-hybridized carbons (Fsp3) is 0.214. The lowest BCUT2D eigenvalue weighted by Crippen LogP contribution is -2.32. The molecule has 0 bridgehead atoms. The Labute approximate surface area is 221 Å². The van der Waals surface area contributed by atoms with E-state index in [1.165, 1.54) is 6.21 Å². The highest BCUT2D eigenvalue weighted by Gasteiger charge is 2.14. The molecule has 0 radical (unpaired) electrons. The van der Waals surface area contributed by atoms with Gasteiger partial charge in [0.2, 0.25) is 0 Å². The molecular weight excluding hydrogens is 488 g/mol. The third-order valence-corrected chi connectivity index (χ3v) is 5.23. The molecule has 0 aliphatic heterocycles. The Morgan fingerprint density at radius 1 is 0.868 bits per heavy atom. The molecule has 0 spiro atoms. The van der Waals surface area contributed by atoms with Crippen molar-refractivity contribution in [2.24, 2.45) is 5.10 Å². The number of hydrogen-bond acceptors (Lipinski definition) is 7. The molecule has 10 nitrogen and oxygen atoms in total. The van der Waals surface area contributed by atoms with Crippen molar-refractivity contribution in [2.75, 3.05) is 31.0 Å². The fourth-order valence-electron chi connectivity index (χ4n) is 3.35. The quantitative estimate of drug-likeness (QED) is 0.202. The van der Waals surface area contributed by atoms with Crippen LogP contribution in [-0.2, 0) is 20.8 Å². The lowest BCUT2D eigenvalue weighted by molar-refractivity contribution is -0.136. The van der Waals surface area contributed by atoms with Crippen molar-refractivity contribution in [3.63, 3.8) is 0 Å². The molecule has 0 saturated carbocycles. The summed E-state index contributed by atoms with van der Waals surface area (Å²) in [6, 6.07) is 19.1. The van der Waals surface area contributed by atoms with Gasteiger partial charge in [-0.1, -0.05) is 25.1 Å². The van der Waals surface area contributed by atoms with Crippen molar-refractivity contribution in [1.82, 2.24) is 5.43 Å². The maximum Gasteiger partial charge on any atom is 0.329 e. The van der Waals surface area contributed by atoms with Gasteiger partial charge in [-0.05, 0) is 73.0 Å². The Morgan fingerprint density at radius 3 is 2.34 bits per heavy atom. The van der Waals surface area contributed by atoms with Crippen molar-refractivity contribution in [3.05, 3.63) is 77.9 Å². The Kier molecular flexibility index (Phi) is 10.2. The monoisotopic (exact) mass is 518 g/mol. The molecule has 10 heteroatoms. The van der Waals surface area contributed by atoms with Crippen LogP contribution in [0, 0.1) is 0 Å². The number of aryl methyl sites for hydroxylation is 1. The highest BCUT2D eigenvalue weighted by atomic mass is 16.5. The Morgan fingerprint density at radius 2 is 1.63 bits per heavy atom. The van der Waals surface area contributed by atoms with E-state index >= 15 is 0 Å². The number of nitrogens with one attached hydrogen (secondary N) is 3. The molecular formula is C28H30N4O6.